The summed E-state index contributed by atoms with van der Waals surface area (Å²) in [6.45, 7) is 0.698. The number of halogens is 3. The lowest BCUT2D eigenvalue weighted by Gasteiger charge is -2.32. The predicted octanol–water partition coefficient (Wildman–Crippen LogP) is 7.20. The molecule has 4 N–H and O–H groups in total. The number of benzene rings is 2. The molecule has 1 spiro atoms. The van der Waals surface area contributed by atoms with E-state index in [0.29, 0.717) is 42.5 Å². The lowest BCUT2D eigenvalue weighted by atomic mass is 9.78. The molecule has 67 heavy (non-hydrogen) atoms. The van der Waals surface area contributed by atoms with Crippen molar-refractivity contribution in [2.45, 2.75) is 113 Å². The van der Waals surface area contributed by atoms with Crippen molar-refractivity contribution in [2.24, 2.45) is 0 Å². The van der Waals surface area contributed by atoms with Crippen LogP contribution in [0, 0.1) is 0 Å². The second-order valence-corrected chi connectivity index (χ2v) is 18.1. The van der Waals surface area contributed by atoms with Gasteiger partial charge < -0.3 is 30.2 Å². The van der Waals surface area contributed by atoms with Crippen LogP contribution >= 0.6 is 0 Å². The zero-order valence-corrected chi connectivity index (χ0v) is 36.7. The highest BCUT2D eigenvalue weighted by Gasteiger charge is 2.41. The molecule has 2 aliphatic carbocycles. The minimum atomic E-state index is -4.55. The molecule has 2 aromatic carbocycles. The number of carbonyl (C=O) groups is 2. The summed E-state index contributed by atoms with van der Waals surface area (Å²) in [5, 5.41) is 37.0. The minimum absolute atomic E-state index is 0.0205. The lowest BCUT2D eigenvalue weighted by molar-refractivity contribution is -0.137. The molecule has 6 bridgehead atoms. The molecule has 18 heteroatoms. The van der Waals surface area contributed by atoms with Crippen molar-refractivity contribution in [3.05, 3.63) is 146 Å². The van der Waals surface area contributed by atoms with E-state index in [2.05, 4.69) is 25.4 Å². The van der Waals surface area contributed by atoms with Gasteiger partial charge in [0.05, 0.1) is 48.7 Å². The van der Waals surface area contributed by atoms with E-state index in [1.165, 1.54) is 21.6 Å². The zero-order valence-electron chi connectivity index (χ0n) is 36.7. The van der Waals surface area contributed by atoms with Crippen LogP contribution in [0.4, 0.5) is 13.2 Å². The molecule has 15 nitrogen and oxygen atoms in total. The number of fused-ring (bicyclic) bond motifs is 3. The average Bonchev–Trinajstić information content (AvgIpc) is 4.10. The third-order valence-electron chi connectivity index (χ3n) is 13.8. The molecule has 6 aromatic rings. The molecule has 9 rings (SSSR count). The maximum Gasteiger partial charge on any atom is 0.416 e. The summed E-state index contributed by atoms with van der Waals surface area (Å²) in [7, 11) is 0. The van der Waals surface area contributed by atoms with E-state index in [0.717, 1.165) is 67.8 Å². The summed E-state index contributed by atoms with van der Waals surface area (Å²) in [6.07, 6.45) is 7.83. The van der Waals surface area contributed by atoms with E-state index in [1.54, 1.807) is 12.3 Å². The number of ether oxygens (including phenoxy) is 1. The number of aromatic nitrogens is 6. The fraction of sp³-hybridized carbons (Fsp3) is 0.408. The SMILES string of the molecule is O=C1NCCCCOC(CC(NC(=O)c2nn(CC3(c4cccc(C(F)(F)F)c4)CCCC3)cc(O)c2=O)c2ccccc2)c2ccnc3c2ccn3C2(CCCC2)Cn2cc(O)c(=O)c1n2. The first-order chi connectivity index (χ1) is 32.2. The van der Waals surface area contributed by atoms with Crippen molar-refractivity contribution in [3.8, 4) is 11.5 Å². The quantitative estimate of drug-likeness (QED) is 0.121. The van der Waals surface area contributed by atoms with Gasteiger partial charge in [-0.05, 0) is 73.4 Å². The van der Waals surface area contributed by atoms with Crippen LogP contribution in [0.1, 0.15) is 126 Å². The fourth-order valence-electron chi connectivity index (χ4n) is 10.4. The Bertz CT molecular complexity index is 2920. The molecule has 2 amide bonds. The third-order valence-corrected chi connectivity index (χ3v) is 13.8. The van der Waals surface area contributed by atoms with Gasteiger partial charge in [-0.2, -0.15) is 23.4 Å². The van der Waals surface area contributed by atoms with Crippen molar-refractivity contribution in [3.63, 3.8) is 0 Å². The van der Waals surface area contributed by atoms with E-state index in [4.69, 9.17) is 9.72 Å². The van der Waals surface area contributed by atoms with E-state index in [-0.39, 0.29) is 32.7 Å². The molecule has 4 aromatic heterocycles. The van der Waals surface area contributed by atoms with E-state index < -0.39 is 80.4 Å². The van der Waals surface area contributed by atoms with E-state index >= 15 is 0 Å². The zero-order chi connectivity index (χ0) is 46.9. The average molecular weight is 921 g/mol. The molecule has 3 aliphatic rings. The smallest absolute Gasteiger partial charge is 0.416 e. The van der Waals surface area contributed by atoms with Gasteiger partial charge in [0.15, 0.2) is 22.9 Å². The van der Waals surface area contributed by atoms with Crippen LogP contribution in [0.3, 0.4) is 0 Å². The highest BCUT2D eigenvalue weighted by atomic mass is 19.4. The van der Waals surface area contributed by atoms with Crippen LogP contribution < -0.4 is 21.5 Å². The summed E-state index contributed by atoms with van der Waals surface area (Å²) < 4.78 is 53.0. The summed E-state index contributed by atoms with van der Waals surface area (Å²) in [4.78, 5) is 59.0. The number of aromatic hydroxyl groups is 2. The molecule has 350 valence electrons. The lowest BCUT2D eigenvalue weighted by Crippen LogP contribution is -2.38. The van der Waals surface area contributed by atoms with E-state index in [9.17, 15) is 42.6 Å². The van der Waals surface area contributed by atoms with Crippen molar-refractivity contribution in [1.29, 1.82) is 0 Å². The Morgan fingerprint density at radius 2 is 1.63 bits per heavy atom. The second-order valence-electron chi connectivity index (χ2n) is 18.1. The number of hydrogen-bond donors (Lipinski definition) is 4. The number of nitrogens with one attached hydrogen (secondary N) is 2. The molecule has 2 unspecified atom stereocenters. The summed E-state index contributed by atoms with van der Waals surface area (Å²) in [5.41, 5.74) is -2.35. The van der Waals surface area contributed by atoms with Crippen molar-refractivity contribution < 1.29 is 37.7 Å². The first-order valence-corrected chi connectivity index (χ1v) is 22.7. The number of nitrogens with zero attached hydrogens (tertiary/aromatic N) is 6. The Kier molecular flexibility index (Phi) is 12.5. The molecule has 0 radical (unpaired) electrons. The Morgan fingerprint density at radius 3 is 2.39 bits per heavy atom. The molecule has 2 fully saturated rings. The van der Waals surface area contributed by atoms with Crippen LogP contribution in [0.25, 0.3) is 11.0 Å². The highest BCUT2D eigenvalue weighted by molar-refractivity contribution is 5.93. The first kappa shape index (κ1) is 45.3. The standard InChI is InChI=1S/C49H51F3N8O7/c50-49(51,52)33-14-10-13-32(25-33)47(17-4-5-18-47)29-58-27-37(61)43(64)41(57-58)46(66)55-36(31-11-2-1-3-12-31)26-39-34-15-22-53-44-35(34)16-23-60(44)48(19-6-7-20-48)30-59-28-38(62)42(63)40(56-59)45(65)54-21-8-9-24-67-39/h1-3,10-16,22-23,25,27-28,36,39,61-62H,4-9,17-21,24,26,29-30H2,(H,54,65)(H,55,66). The van der Waals surface area contributed by atoms with Crippen LogP contribution in [0.5, 0.6) is 11.5 Å². The molecule has 0 saturated heterocycles. The Hall–Kier alpha value is -6.82. The highest BCUT2D eigenvalue weighted by Crippen LogP contribution is 2.45. The monoisotopic (exact) mass is 920 g/mol. The topological polar surface area (TPSA) is 195 Å². The van der Waals surface area contributed by atoms with Crippen molar-refractivity contribution in [1.82, 2.24) is 39.7 Å². The van der Waals surface area contributed by atoms with Gasteiger partial charge >= 0.3 is 6.18 Å². The molecular formula is C49H51F3N8O7. The van der Waals surface area contributed by atoms with Crippen LogP contribution in [-0.2, 0) is 35.0 Å². The molecule has 2 saturated carbocycles. The fourth-order valence-corrected chi connectivity index (χ4v) is 10.4. The maximum absolute atomic E-state index is 14.4. The number of amides is 2. The minimum Gasteiger partial charge on any atom is -0.503 e. The maximum atomic E-state index is 14.4. The molecule has 1 aliphatic heterocycles. The molecule has 5 heterocycles. The number of rotatable bonds is 8. The summed E-state index contributed by atoms with van der Waals surface area (Å²) in [6, 6.07) is 17.4. The van der Waals surface area contributed by atoms with Gasteiger partial charge in [0.1, 0.15) is 5.65 Å². The Balaban J connectivity index is 1.06. The van der Waals surface area contributed by atoms with Crippen LogP contribution in [-0.4, -0.2) is 64.3 Å². The van der Waals surface area contributed by atoms with Crippen LogP contribution in [0.2, 0.25) is 0 Å². The summed E-state index contributed by atoms with van der Waals surface area (Å²) in [5.74, 6) is -2.85. The number of pyridine rings is 1. The van der Waals surface area contributed by atoms with E-state index in [1.807, 2.05) is 48.7 Å². The van der Waals surface area contributed by atoms with Gasteiger partial charge in [0.2, 0.25) is 0 Å². The Labute approximate surface area is 382 Å². The first-order valence-electron chi connectivity index (χ1n) is 22.7. The number of hydrogen-bond acceptors (Lipinski definition) is 10. The van der Waals surface area contributed by atoms with Gasteiger partial charge in [-0.3, -0.25) is 28.5 Å². The summed E-state index contributed by atoms with van der Waals surface area (Å²) >= 11 is 0. The Morgan fingerprint density at radius 1 is 0.881 bits per heavy atom. The van der Waals surface area contributed by atoms with Gasteiger partial charge in [-0.1, -0.05) is 74.2 Å². The number of carbonyl (C=O) groups excluding carboxylic acids is 2. The normalized spacial score (nSPS) is 19.0. The molecular weight excluding hydrogens is 870 g/mol. The van der Waals surface area contributed by atoms with Crippen LogP contribution in [0.15, 0.2) is 101 Å². The molecule has 2 atom stereocenters. The van der Waals surface area contributed by atoms with Gasteiger partial charge in [-0.25, -0.2) is 4.98 Å². The predicted molar refractivity (Wildman–Crippen MR) is 240 cm³/mol. The third kappa shape index (κ3) is 9.18. The largest absolute Gasteiger partial charge is 0.503 e. The number of alkyl halides is 3. The van der Waals surface area contributed by atoms with Gasteiger partial charge in [-0.15, -0.1) is 0 Å². The van der Waals surface area contributed by atoms with Crippen molar-refractivity contribution in [2.75, 3.05) is 13.2 Å². The van der Waals surface area contributed by atoms with Crippen molar-refractivity contribution >= 4 is 22.8 Å². The van der Waals surface area contributed by atoms with Gasteiger partial charge in [0.25, 0.3) is 22.7 Å². The van der Waals surface area contributed by atoms with Gasteiger partial charge in [0, 0.05) is 42.8 Å². The second kappa shape index (κ2) is 18.5.